The number of aryl methyl sites for hydroxylation is 1. The quantitative estimate of drug-likeness (QED) is 0.894. The van der Waals surface area contributed by atoms with Crippen LogP contribution in [0.3, 0.4) is 0 Å². The van der Waals surface area contributed by atoms with Crippen molar-refractivity contribution in [2.24, 2.45) is 11.8 Å². The summed E-state index contributed by atoms with van der Waals surface area (Å²) in [6.45, 7) is 14.4. The van der Waals surface area contributed by atoms with Crippen LogP contribution in [0.15, 0.2) is 12.1 Å². The third-order valence-electron chi connectivity index (χ3n) is 4.69. The molecule has 3 nitrogen and oxygen atoms in total. The highest BCUT2D eigenvalue weighted by atomic mass is 15.2. The Morgan fingerprint density at radius 1 is 1.19 bits per heavy atom. The van der Waals surface area contributed by atoms with Crippen LogP contribution < -0.4 is 10.2 Å². The maximum absolute atomic E-state index is 4.83. The minimum absolute atomic E-state index is 0.513. The zero-order chi connectivity index (χ0) is 15.4. The van der Waals surface area contributed by atoms with E-state index in [1.807, 2.05) is 0 Å². The lowest BCUT2D eigenvalue weighted by atomic mass is 9.87. The summed E-state index contributed by atoms with van der Waals surface area (Å²) in [6.07, 6.45) is 2.60. The third-order valence-corrected chi connectivity index (χ3v) is 4.69. The molecule has 2 heterocycles. The second-order valence-corrected chi connectivity index (χ2v) is 7.02. The highest BCUT2D eigenvalue weighted by molar-refractivity contribution is 5.42. The first-order chi connectivity index (χ1) is 9.97. The molecule has 0 unspecified atom stereocenters. The van der Waals surface area contributed by atoms with Gasteiger partial charge in [0, 0.05) is 31.4 Å². The van der Waals surface area contributed by atoms with Crippen LogP contribution in [-0.4, -0.2) is 24.1 Å². The molecule has 0 saturated carbocycles. The first-order valence-electron chi connectivity index (χ1n) is 8.42. The van der Waals surface area contributed by atoms with Crippen molar-refractivity contribution in [2.45, 2.75) is 60.0 Å². The van der Waals surface area contributed by atoms with E-state index in [1.165, 1.54) is 18.4 Å². The Hall–Kier alpha value is -1.09. The van der Waals surface area contributed by atoms with Gasteiger partial charge in [-0.05, 0) is 43.2 Å². The van der Waals surface area contributed by atoms with E-state index in [0.29, 0.717) is 6.04 Å². The summed E-state index contributed by atoms with van der Waals surface area (Å²) < 4.78 is 0. The van der Waals surface area contributed by atoms with Crippen molar-refractivity contribution in [2.75, 3.05) is 18.0 Å². The van der Waals surface area contributed by atoms with Gasteiger partial charge in [0.25, 0.3) is 0 Å². The standard InChI is InChI=1S/C18H31N3/c1-13(2)16-8-10-21(11-9-16)18-7-6-17(15(5)20-18)12-19-14(3)4/h6-7,13-14,16,19H,8-12H2,1-5H3. The predicted molar refractivity (Wildman–Crippen MR) is 90.7 cm³/mol. The molecule has 1 aromatic heterocycles. The van der Waals surface area contributed by atoms with Crippen molar-refractivity contribution in [3.63, 3.8) is 0 Å². The van der Waals surface area contributed by atoms with Crippen LogP contribution in [0, 0.1) is 18.8 Å². The number of aromatic nitrogens is 1. The summed E-state index contributed by atoms with van der Waals surface area (Å²) in [5.41, 5.74) is 2.47. The monoisotopic (exact) mass is 289 g/mol. The molecular weight excluding hydrogens is 258 g/mol. The Morgan fingerprint density at radius 2 is 1.86 bits per heavy atom. The zero-order valence-electron chi connectivity index (χ0n) is 14.3. The topological polar surface area (TPSA) is 28.2 Å². The van der Waals surface area contributed by atoms with Gasteiger partial charge in [-0.25, -0.2) is 4.98 Å². The first kappa shape index (κ1) is 16.3. The molecule has 0 bridgehead atoms. The van der Waals surface area contributed by atoms with E-state index in [1.54, 1.807) is 0 Å². The van der Waals surface area contributed by atoms with Gasteiger partial charge < -0.3 is 10.2 Å². The second-order valence-electron chi connectivity index (χ2n) is 7.02. The number of rotatable bonds is 5. The van der Waals surface area contributed by atoms with Gasteiger partial charge in [-0.3, -0.25) is 0 Å². The van der Waals surface area contributed by atoms with Crippen LogP contribution in [0.4, 0.5) is 5.82 Å². The normalized spacial score (nSPS) is 17.0. The highest BCUT2D eigenvalue weighted by Gasteiger charge is 2.22. The van der Waals surface area contributed by atoms with Crippen LogP contribution in [0.5, 0.6) is 0 Å². The maximum atomic E-state index is 4.83. The Labute approximate surface area is 130 Å². The van der Waals surface area contributed by atoms with E-state index in [4.69, 9.17) is 4.98 Å². The molecule has 21 heavy (non-hydrogen) atoms. The van der Waals surface area contributed by atoms with Crippen molar-refractivity contribution < 1.29 is 0 Å². The van der Waals surface area contributed by atoms with Crippen molar-refractivity contribution in [3.8, 4) is 0 Å². The molecule has 1 N–H and O–H groups in total. The smallest absolute Gasteiger partial charge is 0.128 e. The number of hydrogen-bond donors (Lipinski definition) is 1. The van der Waals surface area contributed by atoms with Gasteiger partial charge in [0.1, 0.15) is 5.82 Å². The highest BCUT2D eigenvalue weighted by Crippen LogP contribution is 2.27. The van der Waals surface area contributed by atoms with Gasteiger partial charge in [-0.15, -0.1) is 0 Å². The number of piperidine rings is 1. The largest absolute Gasteiger partial charge is 0.357 e. The van der Waals surface area contributed by atoms with Gasteiger partial charge in [-0.1, -0.05) is 33.8 Å². The Bertz CT molecular complexity index is 446. The van der Waals surface area contributed by atoms with E-state index >= 15 is 0 Å². The van der Waals surface area contributed by atoms with E-state index < -0.39 is 0 Å². The number of hydrogen-bond acceptors (Lipinski definition) is 3. The van der Waals surface area contributed by atoms with Gasteiger partial charge in [-0.2, -0.15) is 0 Å². The molecule has 0 aliphatic carbocycles. The fraction of sp³-hybridized carbons (Fsp3) is 0.722. The molecule has 0 radical (unpaired) electrons. The van der Waals surface area contributed by atoms with Crippen molar-refractivity contribution in [1.29, 1.82) is 0 Å². The van der Waals surface area contributed by atoms with Crippen molar-refractivity contribution in [3.05, 3.63) is 23.4 Å². The lowest BCUT2D eigenvalue weighted by Crippen LogP contribution is -2.35. The number of nitrogens with zero attached hydrogens (tertiary/aromatic N) is 2. The molecule has 1 fully saturated rings. The van der Waals surface area contributed by atoms with E-state index in [2.05, 4.69) is 57.0 Å². The van der Waals surface area contributed by atoms with Crippen LogP contribution in [0.2, 0.25) is 0 Å². The van der Waals surface area contributed by atoms with Crippen LogP contribution >= 0.6 is 0 Å². The fourth-order valence-corrected chi connectivity index (χ4v) is 3.05. The minimum Gasteiger partial charge on any atom is -0.357 e. The van der Waals surface area contributed by atoms with E-state index in [0.717, 1.165) is 43.0 Å². The number of pyridine rings is 1. The molecule has 0 amide bonds. The average molecular weight is 289 g/mol. The predicted octanol–water partition coefficient (Wildman–Crippen LogP) is 3.76. The molecule has 0 atom stereocenters. The number of nitrogens with one attached hydrogen (secondary N) is 1. The number of anilines is 1. The lowest BCUT2D eigenvalue weighted by Gasteiger charge is -2.34. The summed E-state index contributed by atoms with van der Waals surface area (Å²) in [7, 11) is 0. The zero-order valence-corrected chi connectivity index (χ0v) is 14.3. The van der Waals surface area contributed by atoms with Crippen molar-refractivity contribution >= 4 is 5.82 Å². The van der Waals surface area contributed by atoms with Crippen LogP contribution in [-0.2, 0) is 6.54 Å². The second kappa shape index (κ2) is 7.26. The van der Waals surface area contributed by atoms with E-state index in [-0.39, 0.29) is 0 Å². The molecule has 2 rings (SSSR count). The molecule has 1 aliphatic heterocycles. The summed E-state index contributed by atoms with van der Waals surface area (Å²) >= 11 is 0. The summed E-state index contributed by atoms with van der Waals surface area (Å²) in [5.74, 6) is 2.85. The fourth-order valence-electron chi connectivity index (χ4n) is 3.05. The molecule has 0 aromatic carbocycles. The molecule has 3 heteroatoms. The van der Waals surface area contributed by atoms with E-state index in [9.17, 15) is 0 Å². The first-order valence-corrected chi connectivity index (χ1v) is 8.42. The molecule has 1 saturated heterocycles. The Balaban J connectivity index is 1.97. The molecule has 1 aliphatic rings. The van der Waals surface area contributed by atoms with Crippen LogP contribution in [0.25, 0.3) is 0 Å². The van der Waals surface area contributed by atoms with Gasteiger partial charge >= 0.3 is 0 Å². The third kappa shape index (κ3) is 4.44. The van der Waals surface area contributed by atoms with Gasteiger partial charge in [0.05, 0.1) is 0 Å². The van der Waals surface area contributed by atoms with Gasteiger partial charge in [0.2, 0.25) is 0 Å². The van der Waals surface area contributed by atoms with Crippen LogP contribution in [0.1, 0.15) is 51.8 Å². The van der Waals surface area contributed by atoms with Crippen molar-refractivity contribution in [1.82, 2.24) is 10.3 Å². The Morgan fingerprint density at radius 3 is 2.38 bits per heavy atom. The molecular formula is C18H31N3. The minimum atomic E-state index is 0.513. The lowest BCUT2D eigenvalue weighted by molar-refractivity contribution is 0.310. The average Bonchev–Trinajstić information content (AvgIpc) is 2.46. The molecule has 118 valence electrons. The molecule has 0 spiro atoms. The summed E-state index contributed by atoms with van der Waals surface area (Å²) in [5, 5.41) is 3.47. The Kier molecular flexibility index (Phi) is 5.63. The molecule has 1 aromatic rings. The maximum Gasteiger partial charge on any atom is 0.128 e. The summed E-state index contributed by atoms with van der Waals surface area (Å²) in [4.78, 5) is 7.28. The van der Waals surface area contributed by atoms with Gasteiger partial charge in [0.15, 0.2) is 0 Å². The SMILES string of the molecule is Cc1nc(N2CCC(C(C)C)CC2)ccc1CNC(C)C. The summed E-state index contributed by atoms with van der Waals surface area (Å²) in [6, 6.07) is 4.95.